The lowest BCUT2D eigenvalue weighted by atomic mass is 9.83. The lowest BCUT2D eigenvalue weighted by Crippen LogP contribution is -2.41. The molecule has 1 aromatic carbocycles. The molecule has 2 nitrogen and oxygen atoms in total. The Kier molecular flexibility index (Phi) is 5.78. The van der Waals surface area contributed by atoms with Gasteiger partial charge >= 0.3 is 0 Å². The highest BCUT2D eigenvalue weighted by molar-refractivity contribution is 6.31. The molecule has 0 radical (unpaired) electrons. The highest BCUT2D eigenvalue weighted by Gasteiger charge is 2.32. The zero-order chi connectivity index (χ0) is 14.6. The molecule has 0 saturated carbocycles. The summed E-state index contributed by atoms with van der Waals surface area (Å²) in [6.45, 7) is 8.34. The quantitative estimate of drug-likeness (QED) is 0.892. The summed E-state index contributed by atoms with van der Waals surface area (Å²) in [5, 5.41) is 10.7. The molecule has 1 N–H and O–H groups in total. The maximum absolute atomic E-state index is 13.7. The van der Waals surface area contributed by atoms with Gasteiger partial charge in [0.1, 0.15) is 5.82 Å². The van der Waals surface area contributed by atoms with Gasteiger partial charge in [-0.3, -0.25) is 0 Å². The molecule has 0 heterocycles. The molecule has 0 spiro atoms. The molecule has 1 rings (SSSR count). The lowest BCUT2D eigenvalue weighted by Gasteiger charge is -2.34. The van der Waals surface area contributed by atoms with Crippen LogP contribution >= 0.6 is 11.6 Å². The minimum Gasteiger partial charge on any atom is -0.390 e. The third-order valence-electron chi connectivity index (χ3n) is 3.02. The van der Waals surface area contributed by atoms with Crippen LogP contribution in [0, 0.1) is 11.2 Å². The van der Waals surface area contributed by atoms with Crippen molar-refractivity contribution in [2.24, 2.45) is 5.41 Å². The van der Waals surface area contributed by atoms with E-state index in [0.717, 1.165) is 0 Å². The second-order valence-corrected chi connectivity index (χ2v) is 6.12. The van der Waals surface area contributed by atoms with E-state index in [1.807, 2.05) is 27.7 Å². The van der Waals surface area contributed by atoms with Crippen molar-refractivity contribution < 1.29 is 14.2 Å². The van der Waals surface area contributed by atoms with Gasteiger partial charge in [-0.2, -0.15) is 0 Å². The summed E-state index contributed by atoms with van der Waals surface area (Å²) in [7, 11) is 0. The molecule has 2 atom stereocenters. The van der Waals surface area contributed by atoms with Crippen molar-refractivity contribution in [3.8, 4) is 0 Å². The number of rotatable bonds is 5. The average Bonchev–Trinajstić information content (AvgIpc) is 2.29. The topological polar surface area (TPSA) is 29.5 Å². The Bertz CT molecular complexity index is 395. The second kappa shape index (κ2) is 6.69. The minimum absolute atomic E-state index is 0.146. The summed E-state index contributed by atoms with van der Waals surface area (Å²) in [6.07, 6.45) is -1.02. The number of ether oxygens (including phenoxy) is 1. The Morgan fingerprint density at radius 1 is 1.37 bits per heavy atom. The summed E-state index contributed by atoms with van der Waals surface area (Å²) in [4.78, 5) is 0. The van der Waals surface area contributed by atoms with Crippen LogP contribution in [0.3, 0.4) is 0 Å². The summed E-state index contributed by atoms with van der Waals surface area (Å²) in [6, 6.07) is 4.53. The Labute approximate surface area is 119 Å². The van der Waals surface area contributed by atoms with E-state index in [1.165, 1.54) is 6.07 Å². The highest BCUT2D eigenvalue weighted by atomic mass is 35.5. The summed E-state index contributed by atoms with van der Waals surface area (Å²) < 4.78 is 19.3. The van der Waals surface area contributed by atoms with Crippen LogP contribution in [-0.4, -0.2) is 23.9 Å². The first-order chi connectivity index (χ1) is 8.77. The van der Waals surface area contributed by atoms with Gasteiger partial charge in [0.15, 0.2) is 0 Å². The summed E-state index contributed by atoms with van der Waals surface area (Å²) in [5.41, 5.74) is 0.110. The average molecular weight is 289 g/mol. The number of aliphatic hydroxyl groups is 1. The first-order valence-corrected chi connectivity index (χ1v) is 6.87. The van der Waals surface area contributed by atoms with Crippen molar-refractivity contribution in [1.29, 1.82) is 0 Å². The number of hydrogen-bond donors (Lipinski definition) is 1. The zero-order valence-electron chi connectivity index (χ0n) is 11.9. The number of halogens is 2. The molecule has 0 amide bonds. The smallest absolute Gasteiger partial charge is 0.127 e. The Morgan fingerprint density at radius 2 is 2.00 bits per heavy atom. The molecule has 108 valence electrons. The van der Waals surface area contributed by atoms with Crippen LogP contribution in [0.25, 0.3) is 0 Å². The predicted octanol–water partition coefficient (Wildman–Crippen LogP) is 3.83. The molecular formula is C15H22ClFO2. The van der Waals surface area contributed by atoms with Gasteiger partial charge in [-0.1, -0.05) is 38.4 Å². The van der Waals surface area contributed by atoms with E-state index in [4.69, 9.17) is 16.3 Å². The highest BCUT2D eigenvalue weighted by Crippen LogP contribution is 2.29. The fraction of sp³-hybridized carbons (Fsp3) is 0.600. The van der Waals surface area contributed by atoms with Gasteiger partial charge in [0.2, 0.25) is 0 Å². The van der Waals surface area contributed by atoms with Crippen LogP contribution in [0.4, 0.5) is 4.39 Å². The molecule has 1 aromatic rings. The van der Waals surface area contributed by atoms with E-state index in [9.17, 15) is 9.50 Å². The van der Waals surface area contributed by atoms with Gasteiger partial charge in [0.25, 0.3) is 0 Å². The van der Waals surface area contributed by atoms with Crippen molar-refractivity contribution in [2.75, 3.05) is 6.61 Å². The van der Waals surface area contributed by atoms with Crippen molar-refractivity contribution in [1.82, 2.24) is 0 Å². The van der Waals surface area contributed by atoms with Crippen molar-refractivity contribution in [2.45, 2.75) is 46.3 Å². The minimum atomic E-state index is -0.797. The summed E-state index contributed by atoms with van der Waals surface area (Å²) >= 11 is 5.98. The van der Waals surface area contributed by atoms with Crippen LogP contribution in [0.15, 0.2) is 18.2 Å². The fourth-order valence-electron chi connectivity index (χ4n) is 2.16. The maximum Gasteiger partial charge on any atom is 0.127 e. The van der Waals surface area contributed by atoms with Crippen LogP contribution in [0.5, 0.6) is 0 Å². The SMILES string of the molecule is CCOC(C(O)Cc1c(F)cccc1Cl)C(C)(C)C. The standard InChI is InChI=1S/C15H22ClFO2/c1-5-19-14(15(2,3)4)13(18)9-10-11(16)7-6-8-12(10)17/h6-8,13-14,18H,5,9H2,1-4H3. The third kappa shape index (κ3) is 4.44. The van der Waals surface area contributed by atoms with E-state index in [2.05, 4.69) is 0 Å². The predicted molar refractivity (Wildman–Crippen MR) is 76.0 cm³/mol. The summed E-state index contributed by atoms with van der Waals surface area (Å²) in [5.74, 6) is -0.393. The van der Waals surface area contributed by atoms with Gasteiger partial charge < -0.3 is 9.84 Å². The number of benzene rings is 1. The molecule has 0 aliphatic rings. The van der Waals surface area contributed by atoms with Gasteiger partial charge in [-0.05, 0) is 24.5 Å². The van der Waals surface area contributed by atoms with Crippen LogP contribution < -0.4 is 0 Å². The number of hydrogen-bond acceptors (Lipinski definition) is 2. The van der Waals surface area contributed by atoms with Crippen molar-refractivity contribution >= 4 is 11.6 Å². The van der Waals surface area contributed by atoms with Crippen molar-refractivity contribution in [3.63, 3.8) is 0 Å². The lowest BCUT2D eigenvalue weighted by molar-refractivity contribution is -0.0875. The third-order valence-corrected chi connectivity index (χ3v) is 3.38. The van der Waals surface area contributed by atoms with E-state index in [1.54, 1.807) is 12.1 Å². The van der Waals surface area contributed by atoms with Crippen molar-refractivity contribution in [3.05, 3.63) is 34.6 Å². The largest absolute Gasteiger partial charge is 0.390 e. The van der Waals surface area contributed by atoms with Gasteiger partial charge in [0.05, 0.1) is 12.2 Å². The maximum atomic E-state index is 13.7. The van der Waals surface area contributed by atoms with Crippen LogP contribution in [-0.2, 0) is 11.2 Å². The van der Waals surface area contributed by atoms with Crippen LogP contribution in [0.2, 0.25) is 5.02 Å². The van der Waals surface area contributed by atoms with Gasteiger partial charge in [0, 0.05) is 23.6 Å². The second-order valence-electron chi connectivity index (χ2n) is 5.71. The Morgan fingerprint density at radius 3 is 2.47 bits per heavy atom. The molecule has 0 saturated heterocycles. The number of aliphatic hydroxyl groups excluding tert-OH is 1. The Hall–Kier alpha value is -0.640. The van der Waals surface area contributed by atoms with Gasteiger partial charge in [-0.25, -0.2) is 4.39 Å². The van der Waals surface area contributed by atoms with E-state index >= 15 is 0 Å². The molecule has 0 aromatic heterocycles. The first kappa shape index (κ1) is 16.4. The molecule has 2 unspecified atom stereocenters. The zero-order valence-corrected chi connectivity index (χ0v) is 12.7. The van der Waals surface area contributed by atoms with Crippen LogP contribution in [0.1, 0.15) is 33.3 Å². The Balaban J connectivity index is 2.90. The molecule has 0 fully saturated rings. The molecule has 4 heteroatoms. The van der Waals surface area contributed by atoms with E-state index in [0.29, 0.717) is 17.2 Å². The molecule has 0 aliphatic carbocycles. The first-order valence-electron chi connectivity index (χ1n) is 6.50. The van der Waals surface area contributed by atoms with E-state index in [-0.39, 0.29) is 17.9 Å². The fourth-order valence-corrected chi connectivity index (χ4v) is 2.40. The normalized spacial score (nSPS) is 15.3. The monoisotopic (exact) mass is 288 g/mol. The molecule has 0 aliphatic heterocycles. The van der Waals surface area contributed by atoms with Gasteiger partial charge in [-0.15, -0.1) is 0 Å². The molecule has 19 heavy (non-hydrogen) atoms. The molecule has 0 bridgehead atoms. The van der Waals surface area contributed by atoms with E-state index < -0.39 is 11.9 Å². The molecular weight excluding hydrogens is 267 g/mol.